The molecule has 0 aliphatic carbocycles. The van der Waals surface area contributed by atoms with Crippen LogP contribution in [-0.2, 0) is 4.79 Å². The van der Waals surface area contributed by atoms with E-state index in [0.717, 1.165) is 5.56 Å². The summed E-state index contributed by atoms with van der Waals surface area (Å²) >= 11 is 0. The van der Waals surface area contributed by atoms with Crippen molar-refractivity contribution >= 4 is 35.1 Å². The van der Waals surface area contributed by atoms with Gasteiger partial charge in [-0.15, -0.1) is 0 Å². The van der Waals surface area contributed by atoms with Crippen molar-refractivity contribution in [2.45, 2.75) is 32.9 Å². The number of amides is 3. The summed E-state index contributed by atoms with van der Waals surface area (Å²) in [6.45, 7) is 4.87. The average Bonchev–Trinajstić information content (AvgIpc) is 3.36. The number of aromatic amines is 1. The molecule has 2 heterocycles. The Kier molecular flexibility index (Phi) is 7.56. The number of aromatic nitrogens is 1. The van der Waals surface area contributed by atoms with Gasteiger partial charge in [0.15, 0.2) is 0 Å². The van der Waals surface area contributed by atoms with Gasteiger partial charge in [0.25, 0.3) is 17.7 Å². The van der Waals surface area contributed by atoms with Gasteiger partial charge in [0, 0.05) is 34.7 Å². The Morgan fingerprint density at radius 1 is 1.08 bits per heavy atom. The fourth-order valence-corrected chi connectivity index (χ4v) is 4.34. The van der Waals surface area contributed by atoms with Gasteiger partial charge in [-0.3, -0.25) is 14.4 Å². The van der Waals surface area contributed by atoms with Crippen molar-refractivity contribution in [1.82, 2.24) is 15.6 Å². The average molecular weight is 503 g/mol. The Balaban J connectivity index is 1.59. The molecule has 1 aromatic heterocycles. The van der Waals surface area contributed by atoms with Gasteiger partial charge in [-0.1, -0.05) is 30.3 Å². The first-order chi connectivity index (χ1) is 17.7. The highest BCUT2D eigenvalue weighted by molar-refractivity contribution is 6.35. The number of carbonyl (C=O) groups excluding carboxylic acids is 3. The van der Waals surface area contributed by atoms with E-state index < -0.39 is 18.6 Å². The van der Waals surface area contributed by atoms with E-state index in [-0.39, 0.29) is 24.4 Å². The smallest absolute Gasteiger partial charge is 0.256 e. The summed E-state index contributed by atoms with van der Waals surface area (Å²) in [5.41, 5.74) is 5.18. The molecule has 2 unspecified atom stereocenters. The van der Waals surface area contributed by atoms with E-state index in [1.807, 2.05) is 37.3 Å². The zero-order valence-corrected chi connectivity index (χ0v) is 20.9. The number of fused-ring (bicyclic) bond motifs is 1. The standard InChI is InChI=1S/C28H30N4O5/c1-15-24(30-17(3)25(15)28(37)29-13-20(34)14-33)12-22-21-11-19(9-10-23(21)32-27(22)36)26(35)31-16(2)18-7-5-4-6-8-18/h4-12,16,20,30,33-34H,13-14H2,1-3H3,(H,29,37)(H,31,35)(H,32,36)/b22-12-. The van der Waals surface area contributed by atoms with E-state index in [4.69, 9.17) is 5.11 Å². The van der Waals surface area contributed by atoms with Gasteiger partial charge in [0.2, 0.25) is 0 Å². The fourth-order valence-electron chi connectivity index (χ4n) is 4.34. The Morgan fingerprint density at radius 2 is 1.81 bits per heavy atom. The summed E-state index contributed by atoms with van der Waals surface area (Å²) in [7, 11) is 0. The Hall–Kier alpha value is -4.21. The molecule has 0 radical (unpaired) electrons. The second kappa shape index (κ2) is 10.8. The number of rotatable bonds is 8. The third-order valence-electron chi connectivity index (χ3n) is 6.41. The number of H-pyrrole nitrogens is 1. The van der Waals surface area contributed by atoms with Crippen LogP contribution >= 0.6 is 0 Å². The van der Waals surface area contributed by atoms with Crippen molar-refractivity contribution in [2.75, 3.05) is 18.5 Å². The topological polar surface area (TPSA) is 144 Å². The lowest BCUT2D eigenvalue weighted by Gasteiger charge is -2.14. The Labute approximate surface area is 214 Å². The molecule has 0 fully saturated rings. The van der Waals surface area contributed by atoms with Gasteiger partial charge in [-0.2, -0.15) is 0 Å². The fraction of sp³-hybridized carbons (Fsp3) is 0.250. The zero-order valence-electron chi connectivity index (χ0n) is 20.9. The van der Waals surface area contributed by atoms with Crippen LogP contribution in [-0.4, -0.2) is 52.2 Å². The predicted molar refractivity (Wildman–Crippen MR) is 141 cm³/mol. The first kappa shape index (κ1) is 25.9. The van der Waals surface area contributed by atoms with Gasteiger partial charge >= 0.3 is 0 Å². The lowest BCUT2D eigenvalue weighted by Crippen LogP contribution is -2.34. The van der Waals surface area contributed by atoms with Gasteiger partial charge in [0.1, 0.15) is 0 Å². The lowest BCUT2D eigenvalue weighted by molar-refractivity contribution is -0.110. The molecule has 0 saturated carbocycles. The highest BCUT2D eigenvalue weighted by Gasteiger charge is 2.27. The number of aliphatic hydroxyl groups excluding tert-OH is 2. The molecule has 3 aromatic rings. The molecule has 192 valence electrons. The molecule has 0 spiro atoms. The van der Waals surface area contributed by atoms with Gasteiger partial charge in [0.05, 0.1) is 29.9 Å². The van der Waals surface area contributed by atoms with Crippen LogP contribution in [0.5, 0.6) is 0 Å². The van der Waals surface area contributed by atoms with Crippen LogP contribution in [0.15, 0.2) is 48.5 Å². The van der Waals surface area contributed by atoms with E-state index in [1.165, 1.54) is 0 Å². The molecule has 1 aliphatic heterocycles. The van der Waals surface area contributed by atoms with E-state index >= 15 is 0 Å². The monoisotopic (exact) mass is 502 g/mol. The molecule has 4 rings (SSSR count). The van der Waals surface area contributed by atoms with Crippen molar-refractivity contribution in [3.63, 3.8) is 0 Å². The molecule has 1 aliphatic rings. The number of benzene rings is 2. The molecular formula is C28H30N4O5. The minimum atomic E-state index is -1.05. The number of hydrogen-bond acceptors (Lipinski definition) is 5. The normalized spacial score (nSPS) is 15.2. The van der Waals surface area contributed by atoms with Gasteiger partial charge < -0.3 is 31.1 Å². The third kappa shape index (κ3) is 5.47. The van der Waals surface area contributed by atoms with Crippen LogP contribution in [0.3, 0.4) is 0 Å². The van der Waals surface area contributed by atoms with E-state index in [0.29, 0.717) is 44.9 Å². The number of nitrogens with one attached hydrogen (secondary N) is 4. The van der Waals surface area contributed by atoms with Crippen molar-refractivity contribution in [2.24, 2.45) is 0 Å². The maximum absolute atomic E-state index is 13.0. The zero-order chi connectivity index (χ0) is 26.7. The molecule has 9 heteroatoms. The number of aliphatic hydroxyl groups is 2. The van der Waals surface area contributed by atoms with Crippen molar-refractivity contribution in [1.29, 1.82) is 0 Å². The number of aryl methyl sites for hydroxylation is 1. The molecule has 2 atom stereocenters. The van der Waals surface area contributed by atoms with Crippen LogP contribution in [0.25, 0.3) is 11.6 Å². The van der Waals surface area contributed by atoms with E-state index in [1.54, 1.807) is 38.1 Å². The van der Waals surface area contributed by atoms with Gasteiger partial charge in [-0.25, -0.2) is 0 Å². The second-order valence-corrected chi connectivity index (χ2v) is 9.09. The summed E-state index contributed by atoms with van der Waals surface area (Å²) in [5, 5.41) is 26.9. The molecular weight excluding hydrogens is 472 g/mol. The third-order valence-corrected chi connectivity index (χ3v) is 6.41. The summed E-state index contributed by atoms with van der Waals surface area (Å²) in [6.07, 6.45) is 0.614. The highest BCUT2D eigenvalue weighted by atomic mass is 16.3. The minimum absolute atomic E-state index is 0.0840. The molecule has 3 amide bonds. The van der Waals surface area contributed by atoms with Crippen LogP contribution in [0.1, 0.15) is 61.8 Å². The second-order valence-electron chi connectivity index (χ2n) is 9.09. The first-order valence-electron chi connectivity index (χ1n) is 12.0. The Bertz CT molecular complexity index is 1380. The summed E-state index contributed by atoms with van der Waals surface area (Å²) in [5.74, 6) is -0.964. The molecule has 2 aromatic carbocycles. The van der Waals surface area contributed by atoms with E-state index in [2.05, 4.69) is 20.9 Å². The van der Waals surface area contributed by atoms with Gasteiger partial charge in [-0.05, 0) is 56.2 Å². The number of anilines is 1. The molecule has 0 bridgehead atoms. The summed E-state index contributed by atoms with van der Waals surface area (Å²) in [4.78, 5) is 41.6. The van der Waals surface area contributed by atoms with Crippen molar-refractivity contribution in [3.05, 3.63) is 87.7 Å². The largest absolute Gasteiger partial charge is 0.394 e. The maximum Gasteiger partial charge on any atom is 0.256 e. The summed E-state index contributed by atoms with van der Waals surface area (Å²) < 4.78 is 0. The summed E-state index contributed by atoms with van der Waals surface area (Å²) in [6, 6.07) is 14.5. The van der Waals surface area contributed by atoms with Crippen molar-refractivity contribution in [3.8, 4) is 0 Å². The molecule has 0 saturated heterocycles. The molecule has 6 N–H and O–H groups in total. The minimum Gasteiger partial charge on any atom is -0.394 e. The molecule has 37 heavy (non-hydrogen) atoms. The van der Waals surface area contributed by atoms with E-state index in [9.17, 15) is 19.5 Å². The molecule has 9 nitrogen and oxygen atoms in total. The number of hydrogen-bond donors (Lipinski definition) is 6. The lowest BCUT2D eigenvalue weighted by atomic mass is 10.0. The quantitative estimate of drug-likeness (QED) is 0.263. The number of carbonyl (C=O) groups is 3. The predicted octanol–water partition coefficient (Wildman–Crippen LogP) is 2.70. The van der Waals surface area contributed by atoms with Crippen LogP contribution in [0, 0.1) is 13.8 Å². The maximum atomic E-state index is 13.0. The van der Waals surface area contributed by atoms with Crippen LogP contribution < -0.4 is 16.0 Å². The van der Waals surface area contributed by atoms with Crippen LogP contribution in [0.4, 0.5) is 5.69 Å². The first-order valence-corrected chi connectivity index (χ1v) is 12.0. The highest BCUT2D eigenvalue weighted by Crippen LogP contribution is 2.35. The van der Waals surface area contributed by atoms with Crippen molar-refractivity contribution < 1.29 is 24.6 Å². The van der Waals surface area contributed by atoms with Crippen LogP contribution in [0.2, 0.25) is 0 Å². The SMILES string of the molecule is Cc1[nH]c(/C=C2\C(=O)Nc3ccc(C(=O)NC(C)c4ccccc4)cc32)c(C)c1C(=O)NCC(O)CO. The Morgan fingerprint density at radius 3 is 2.51 bits per heavy atom.